The number of hydrogen-bond donors (Lipinski definition) is 2. The van der Waals surface area contributed by atoms with Crippen molar-refractivity contribution in [2.24, 2.45) is 5.92 Å². The van der Waals surface area contributed by atoms with E-state index in [2.05, 4.69) is 10.3 Å². The van der Waals surface area contributed by atoms with Crippen LogP contribution in [0.3, 0.4) is 0 Å². The van der Waals surface area contributed by atoms with Crippen molar-refractivity contribution in [2.75, 3.05) is 13.1 Å². The topological polar surface area (TPSA) is 91.5 Å². The Morgan fingerprint density at radius 1 is 1.32 bits per heavy atom. The van der Waals surface area contributed by atoms with Gasteiger partial charge in [-0.1, -0.05) is 23.8 Å². The fourth-order valence-electron chi connectivity index (χ4n) is 3.28. The van der Waals surface area contributed by atoms with Crippen molar-refractivity contribution >= 4 is 5.91 Å². The van der Waals surface area contributed by atoms with Crippen LogP contribution in [0.25, 0.3) is 5.69 Å². The number of halogens is 1. The number of aliphatic hydroxyl groups is 2. The van der Waals surface area contributed by atoms with Crippen molar-refractivity contribution in [3.8, 4) is 5.69 Å². The molecule has 1 aromatic carbocycles. The Balaban J connectivity index is 1.45. The summed E-state index contributed by atoms with van der Waals surface area (Å²) in [5.41, 5.74) is -0.811. The van der Waals surface area contributed by atoms with Crippen LogP contribution in [0, 0.1) is 11.7 Å². The number of benzene rings is 1. The van der Waals surface area contributed by atoms with Crippen LogP contribution in [-0.4, -0.2) is 55.2 Å². The molecule has 1 aromatic heterocycles. The van der Waals surface area contributed by atoms with Gasteiger partial charge in [0.25, 0.3) is 5.91 Å². The first-order chi connectivity index (χ1) is 12.0. The highest BCUT2D eigenvalue weighted by Crippen LogP contribution is 2.35. The monoisotopic (exact) mass is 346 g/mol. The number of β-amino-alcohol motifs (C(OH)–C–C–N with tert-alkyl or cyclic N) is 1. The molecular formula is C17H19FN4O3. The zero-order chi connectivity index (χ0) is 17.6. The molecule has 1 atom stereocenters. The Morgan fingerprint density at radius 3 is 2.68 bits per heavy atom. The van der Waals surface area contributed by atoms with Gasteiger partial charge in [-0.3, -0.25) is 4.79 Å². The van der Waals surface area contributed by atoms with E-state index >= 15 is 0 Å². The van der Waals surface area contributed by atoms with Crippen LogP contribution in [-0.2, 0) is 10.4 Å². The van der Waals surface area contributed by atoms with Gasteiger partial charge >= 0.3 is 0 Å². The lowest BCUT2D eigenvalue weighted by atomic mass is 9.79. The van der Waals surface area contributed by atoms with Gasteiger partial charge in [0.05, 0.1) is 19.3 Å². The van der Waals surface area contributed by atoms with E-state index < -0.39 is 17.5 Å². The van der Waals surface area contributed by atoms with Gasteiger partial charge in [0.2, 0.25) is 0 Å². The molecule has 2 aliphatic rings. The van der Waals surface area contributed by atoms with Crippen LogP contribution in [0.4, 0.5) is 4.39 Å². The largest absolute Gasteiger partial charge is 0.383 e. The van der Waals surface area contributed by atoms with Crippen molar-refractivity contribution in [1.29, 1.82) is 0 Å². The third-order valence-corrected chi connectivity index (χ3v) is 5.14. The second-order valence-corrected chi connectivity index (χ2v) is 6.86. The molecule has 4 rings (SSSR count). The predicted octanol–water partition coefficient (Wildman–Crippen LogP) is 0.597. The molecule has 7 nitrogen and oxygen atoms in total. The lowest BCUT2D eigenvalue weighted by Gasteiger charge is -2.46. The van der Waals surface area contributed by atoms with Crippen molar-refractivity contribution in [3.05, 3.63) is 42.0 Å². The quantitative estimate of drug-likeness (QED) is 0.846. The number of amides is 1. The van der Waals surface area contributed by atoms with Crippen molar-refractivity contribution < 1.29 is 19.4 Å². The Kier molecular flexibility index (Phi) is 3.81. The van der Waals surface area contributed by atoms with Gasteiger partial charge in [-0.05, 0) is 30.9 Å². The Bertz CT molecular complexity index is 799. The lowest BCUT2D eigenvalue weighted by molar-refractivity contribution is -0.170. The summed E-state index contributed by atoms with van der Waals surface area (Å²) in [5.74, 6) is -0.765. The van der Waals surface area contributed by atoms with Gasteiger partial charge in [0, 0.05) is 0 Å². The molecule has 0 radical (unpaired) electrons. The SMILES string of the molecule is O=C(C(O)C1CCC1)N1CC(O)(c2cn(-c3ccccc3F)nn2)C1. The summed E-state index contributed by atoms with van der Waals surface area (Å²) in [4.78, 5) is 13.6. The maximum Gasteiger partial charge on any atom is 0.251 e. The highest BCUT2D eigenvalue weighted by Gasteiger charge is 2.49. The second kappa shape index (κ2) is 5.89. The molecule has 1 unspecified atom stereocenters. The zero-order valence-electron chi connectivity index (χ0n) is 13.5. The van der Waals surface area contributed by atoms with E-state index in [9.17, 15) is 19.4 Å². The summed E-state index contributed by atoms with van der Waals surface area (Å²) >= 11 is 0. The molecule has 2 N–H and O–H groups in total. The average molecular weight is 346 g/mol. The van der Waals surface area contributed by atoms with Crippen LogP contribution in [0.2, 0.25) is 0 Å². The van der Waals surface area contributed by atoms with Crippen LogP contribution in [0.5, 0.6) is 0 Å². The van der Waals surface area contributed by atoms with E-state index in [-0.39, 0.29) is 36.3 Å². The number of carbonyl (C=O) groups excluding carboxylic acids is 1. The third-order valence-electron chi connectivity index (χ3n) is 5.14. The van der Waals surface area contributed by atoms with E-state index in [1.807, 2.05) is 0 Å². The molecule has 25 heavy (non-hydrogen) atoms. The zero-order valence-corrected chi connectivity index (χ0v) is 13.5. The van der Waals surface area contributed by atoms with Gasteiger partial charge in [0.1, 0.15) is 28.9 Å². The molecule has 1 saturated carbocycles. The van der Waals surface area contributed by atoms with E-state index in [1.165, 1.54) is 21.8 Å². The molecule has 132 valence electrons. The van der Waals surface area contributed by atoms with E-state index in [1.54, 1.807) is 18.2 Å². The van der Waals surface area contributed by atoms with Crippen LogP contribution < -0.4 is 0 Å². The molecule has 2 fully saturated rings. The third kappa shape index (κ3) is 2.71. The summed E-state index contributed by atoms with van der Waals surface area (Å²) < 4.78 is 15.1. The normalized spacial score (nSPS) is 20.7. The minimum atomic E-state index is -1.32. The first-order valence-corrected chi connectivity index (χ1v) is 8.35. The number of likely N-dealkylation sites (tertiary alicyclic amines) is 1. The maximum atomic E-state index is 13.8. The molecule has 0 spiro atoms. The summed E-state index contributed by atoms with van der Waals surface area (Å²) in [5, 5.41) is 28.5. The molecule has 2 aromatic rings. The summed E-state index contributed by atoms with van der Waals surface area (Å²) in [6, 6.07) is 6.13. The number of hydrogen-bond acceptors (Lipinski definition) is 5. The van der Waals surface area contributed by atoms with Crippen molar-refractivity contribution in [2.45, 2.75) is 31.0 Å². The van der Waals surface area contributed by atoms with Gasteiger partial charge in [0.15, 0.2) is 0 Å². The van der Waals surface area contributed by atoms with Crippen LogP contribution >= 0.6 is 0 Å². The molecule has 2 heterocycles. The molecule has 1 aliphatic heterocycles. The highest BCUT2D eigenvalue weighted by molar-refractivity contribution is 5.82. The predicted molar refractivity (Wildman–Crippen MR) is 85.1 cm³/mol. The van der Waals surface area contributed by atoms with Crippen LogP contribution in [0.15, 0.2) is 30.5 Å². The molecule has 8 heteroatoms. The fourth-order valence-corrected chi connectivity index (χ4v) is 3.28. The second-order valence-electron chi connectivity index (χ2n) is 6.86. The van der Waals surface area contributed by atoms with Gasteiger partial charge in [-0.15, -0.1) is 5.10 Å². The first kappa shape index (κ1) is 16.2. The van der Waals surface area contributed by atoms with Gasteiger partial charge in [-0.25, -0.2) is 9.07 Å². The van der Waals surface area contributed by atoms with Crippen molar-refractivity contribution in [1.82, 2.24) is 19.9 Å². The number of rotatable bonds is 4. The Hall–Kier alpha value is -2.32. The molecular weight excluding hydrogens is 327 g/mol. The average Bonchev–Trinajstić information content (AvgIpc) is 3.00. The standard InChI is InChI=1S/C17H19FN4O3/c18-12-6-1-2-7-13(12)22-8-14(19-20-22)17(25)9-21(10-17)16(24)15(23)11-4-3-5-11/h1-2,6-8,11,15,23,25H,3-5,9-10H2. The Labute approximate surface area is 143 Å². The minimum absolute atomic E-state index is 0.0307. The molecule has 1 saturated heterocycles. The highest BCUT2D eigenvalue weighted by atomic mass is 19.1. The minimum Gasteiger partial charge on any atom is -0.383 e. The van der Waals surface area contributed by atoms with Crippen molar-refractivity contribution in [3.63, 3.8) is 0 Å². The lowest BCUT2D eigenvalue weighted by Crippen LogP contribution is -2.64. The molecule has 1 aliphatic carbocycles. The number of carbonyl (C=O) groups is 1. The molecule has 0 bridgehead atoms. The fraction of sp³-hybridized carbons (Fsp3) is 0.471. The van der Waals surface area contributed by atoms with E-state index in [0.717, 1.165) is 19.3 Å². The summed E-state index contributed by atoms with van der Waals surface area (Å²) in [6.45, 7) is 0.0944. The number of aromatic nitrogens is 3. The van der Waals surface area contributed by atoms with Crippen LogP contribution in [0.1, 0.15) is 25.0 Å². The number of para-hydroxylation sites is 1. The maximum absolute atomic E-state index is 13.8. The number of nitrogens with zero attached hydrogens (tertiary/aromatic N) is 4. The Morgan fingerprint density at radius 2 is 2.04 bits per heavy atom. The van der Waals surface area contributed by atoms with Gasteiger partial charge in [-0.2, -0.15) is 0 Å². The smallest absolute Gasteiger partial charge is 0.251 e. The summed E-state index contributed by atoms with van der Waals surface area (Å²) in [6.07, 6.45) is 3.23. The number of aliphatic hydroxyl groups excluding tert-OH is 1. The van der Waals surface area contributed by atoms with E-state index in [0.29, 0.717) is 0 Å². The molecule has 1 amide bonds. The van der Waals surface area contributed by atoms with Gasteiger partial charge < -0.3 is 15.1 Å². The van der Waals surface area contributed by atoms with E-state index in [4.69, 9.17) is 0 Å². The first-order valence-electron chi connectivity index (χ1n) is 8.35. The summed E-state index contributed by atoms with van der Waals surface area (Å²) in [7, 11) is 0.